The van der Waals surface area contributed by atoms with Gasteiger partial charge in [-0.25, -0.2) is 9.78 Å². The molecule has 0 saturated carbocycles. The molecule has 0 aromatic carbocycles. The van der Waals surface area contributed by atoms with Gasteiger partial charge >= 0.3 is 6.09 Å². The zero-order valence-electron chi connectivity index (χ0n) is 9.21. The van der Waals surface area contributed by atoms with Gasteiger partial charge in [0.05, 0.1) is 12.3 Å². The zero-order valence-corrected chi connectivity index (χ0v) is 10.0. The van der Waals surface area contributed by atoms with E-state index in [2.05, 4.69) is 15.3 Å². The van der Waals surface area contributed by atoms with Gasteiger partial charge in [-0.15, -0.1) is 11.3 Å². The van der Waals surface area contributed by atoms with Crippen molar-refractivity contribution in [3.8, 4) is 11.4 Å². The van der Waals surface area contributed by atoms with Crippen LogP contribution in [0.25, 0.3) is 11.4 Å². The summed E-state index contributed by atoms with van der Waals surface area (Å²) >= 11 is 1.34. The second-order valence-corrected chi connectivity index (χ2v) is 3.96. The molecule has 2 aromatic rings. The van der Waals surface area contributed by atoms with E-state index < -0.39 is 6.09 Å². The number of nitrogens with one attached hydrogen (secondary N) is 1. The van der Waals surface area contributed by atoms with Gasteiger partial charge in [0.2, 0.25) is 0 Å². The van der Waals surface area contributed by atoms with Crippen molar-refractivity contribution in [3.63, 3.8) is 0 Å². The van der Waals surface area contributed by atoms with Crippen molar-refractivity contribution < 1.29 is 9.53 Å². The van der Waals surface area contributed by atoms with Crippen LogP contribution in [0.5, 0.6) is 0 Å². The predicted octanol–water partition coefficient (Wildman–Crippen LogP) is 2.77. The average molecular weight is 249 g/mol. The minimum atomic E-state index is -0.491. The van der Waals surface area contributed by atoms with Gasteiger partial charge in [-0.3, -0.25) is 10.3 Å². The molecule has 5 nitrogen and oxygen atoms in total. The van der Waals surface area contributed by atoms with Crippen molar-refractivity contribution in [3.05, 3.63) is 29.8 Å². The van der Waals surface area contributed by atoms with Crippen LogP contribution < -0.4 is 5.32 Å². The smallest absolute Gasteiger partial charge is 0.413 e. The van der Waals surface area contributed by atoms with E-state index in [9.17, 15) is 4.79 Å². The summed E-state index contributed by atoms with van der Waals surface area (Å²) in [5.74, 6) is 0. The lowest BCUT2D eigenvalue weighted by atomic mass is 10.3. The number of hydrogen-bond donors (Lipinski definition) is 1. The molecular formula is C11H11N3O2S. The lowest BCUT2D eigenvalue weighted by molar-refractivity contribution is 0.168. The van der Waals surface area contributed by atoms with Crippen molar-refractivity contribution in [1.82, 2.24) is 9.97 Å². The number of amides is 1. The first-order valence-corrected chi connectivity index (χ1v) is 5.98. The minimum absolute atomic E-state index is 0.338. The highest BCUT2D eigenvalue weighted by atomic mass is 32.1. The number of carbonyl (C=O) groups is 1. The van der Waals surface area contributed by atoms with Crippen LogP contribution in [0.4, 0.5) is 9.93 Å². The lowest BCUT2D eigenvalue weighted by Gasteiger charge is -2.00. The van der Waals surface area contributed by atoms with Gasteiger partial charge in [0.1, 0.15) is 5.69 Å². The van der Waals surface area contributed by atoms with E-state index >= 15 is 0 Å². The van der Waals surface area contributed by atoms with Crippen molar-refractivity contribution in [1.29, 1.82) is 0 Å². The molecule has 0 spiro atoms. The van der Waals surface area contributed by atoms with Gasteiger partial charge in [-0.2, -0.15) is 0 Å². The maximum absolute atomic E-state index is 11.2. The topological polar surface area (TPSA) is 64.1 Å². The number of thiazole rings is 1. The summed E-state index contributed by atoms with van der Waals surface area (Å²) in [6, 6.07) is 5.59. The molecule has 2 rings (SSSR count). The molecule has 0 atom stereocenters. The second kappa shape index (κ2) is 5.40. The SMILES string of the molecule is CCOC(=O)Nc1nc(-c2ccccn2)cs1. The Labute approximate surface area is 102 Å². The Hall–Kier alpha value is -1.95. The van der Waals surface area contributed by atoms with Gasteiger partial charge < -0.3 is 4.74 Å². The largest absolute Gasteiger partial charge is 0.450 e. The lowest BCUT2D eigenvalue weighted by Crippen LogP contribution is -2.12. The molecule has 88 valence electrons. The maximum Gasteiger partial charge on any atom is 0.413 e. The third-order valence-corrected chi connectivity index (χ3v) is 2.67. The Balaban J connectivity index is 2.09. The third-order valence-electron chi connectivity index (χ3n) is 1.92. The van der Waals surface area contributed by atoms with E-state index in [1.54, 1.807) is 13.1 Å². The summed E-state index contributed by atoms with van der Waals surface area (Å²) in [7, 11) is 0. The quantitative estimate of drug-likeness (QED) is 0.908. The van der Waals surface area contributed by atoms with E-state index in [1.807, 2.05) is 23.6 Å². The molecule has 2 heterocycles. The highest BCUT2D eigenvalue weighted by molar-refractivity contribution is 7.14. The van der Waals surface area contributed by atoms with E-state index in [0.29, 0.717) is 11.7 Å². The number of nitrogens with zero attached hydrogens (tertiary/aromatic N) is 2. The van der Waals surface area contributed by atoms with Crippen LogP contribution in [0.15, 0.2) is 29.8 Å². The highest BCUT2D eigenvalue weighted by Crippen LogP contribution is 2.22. The summed E-state index contributed by atoms with van der Waals surface area (Å²) in [5.41, 5.74) is 1.52. The first-order chi connectivity index (χ1) is 8.29. The molecule has 17 heavy (non-hydrogen) atoms. The predicted molar refractivity (Wildman–Crippen MR) is 66.0 cm³/mol. The van der Waals surface area contributed by atoms with Crippen molar-refractivity contribution in [2.45, 2.75) is 6.92 Å². The van der Waals surface area contributed by atoms with Gasteiger partial charge in [0.15, 0.2) is 5.13 Å². The zero-order chi connectivity index (χ0) is 12.1. The molecule has 0 unspecified atom stereocenters. The molecule has 6 heteroatoms. The molecule has 0 bridgehead atoms. The summed E-state index contributed by atoms with van der Waals surface area (Å²) in [4.78, 5) is 19.6. The van der Waals surface area contributed by atoms with Crippen LogP contribution in [0.1, 0.15) is 6.92 Å². The Morgan fingerprint density at radius 3 is 3.06 bits per heavy atom. The second-order valence-electron chi connectivity index (χ2n) is 3.10. The molecule has 1 N–H and O–H groups in total. The van der Waals surface area contributed by atoms with Crippen LogP contribution >= 0.6 is 11.3 Å². The Bertz CT molecular complexity index is 498. The summed E-state index contributed by atoms with van der Waals surface area (Å²) in [6.45, 7) is 2.09. The maximum atomic E-state index is 11.2. The number of pyridine rings is 1. The molecular weight excluding hydrogens is 238 g/mol. The van der Waals surface area contributed by atoms with Crippen molar-refractivity contribution in [2.24, 2.45) is 0 Å². The number of rotatable bonds is 3. The van der Waals surface area contributed by atoms with E-state index in [1.165, 1.54) is 11.3 Å². The normalized spacial score (nSPS) is 9.94. The fraction of sp³-hybridized carbons (Fsp3) is 0.182. The highest BCUT2D eigenvalue weighted by Gasteiger charge is 2.08. The molecule has 0 saturated heterocycles. The Kier molecular flexibility index (Phi) is 3.66. The molecule has 1 amide bonds. The number of anilines is 1. The number of aromatic nitrogens is 2. The molecule has 2 aromatic heterocycles. The van der Waals surface area contributed by atoms with Crippen molar-refractivity contribution in [2.75, 3.05) is 11.9 Å². The molecule has 0 aliphatic heterocycles. The van der Waals surface area contributed by atoms with E-state index in [-0.39, 0.29) is 0 Å². The summed E-state index contributed by atoms with van der Waals surface area (Å²) in [6.07, 6.45) is 1.21. The number of carbonyl (C=O) groups excluding carboxylic acids is 1. The molecule has 0 radical (unpaired) electrons. The Morgan fingerprint density at radius 1 is 1.47 bits per heavy atom. The van der Waals surface area contributed by atoms with E-state index in [0.717, 1.165) is 11.4 Å². The Morgan fingerprint density at radius 2 is 2.35 bits per heavy atom. The van der Waals surface area contributed by atoms with Crippen LogP contribution in [0.2, 0.25) is 0 Å². The van der Waals surface area contributed by atoms with Crippen molar-refractivity contribution >= 4 is 22.6 Å². The van der Waals surface area contributed by atoms with Gasteiger partial charge in [0, 0.05) is 11.6 Å². The van der Waals surface area contributed by atoms with Crippen LogP contribution in [-0.4, -0.2) is 22.7 Å². The van der Waals surface area contributed by atoms with Crippen LogP contribution in [0, 0.1) is 0 Å². The van der Waals surface area contributed by atoms with Gasteiger partial charge in [-0.1, -0.05) is 6.07 Å². The van der Waals surface area contributed by atoms with Gasteiger partial charge in [-0.05, 0) is 19.1 Å². The number of ether oxygens (including phenoxy) is 1. The standard InChI is InChI=1S/C11H11N3O2S/c1-2-16-11(15)14-10-13-9(7-17-10)8-5-3-4-6-12-8/h3-7H,2H2,1H3,(H,13,14,15). The fourth-order valence-electron chi connectivity index (χ4n) is 1.22. The van der Waals surface area contributed by atoms with Gasteiger partial charge in [0.25, 0.3) is 0 Å². The fourth-order valence-corrected chi connectivity index (χ4v) is 1.91. The monoisotopic (exact) mass is 249 g/mol. The van der Waals surface area contributed by atoms with Crippen LogP contribution in [0.3, 0.4) is 0 Å². The third kappa shape index (κ3) is 3.01. The average Bonchev–Trinajstić information content (AvgIpc) is 2.79. The van der Waals surface area contributed by atoms with E-state index in [4.69, 9.17) is 4.74 Å². The molecule has 0 fully saturated rings. The number of hydrogen-bond acceptors (Lipinski definition) is 5. The first-order valence-electron chi connectivity index (χ1n) is 5.10. The van der Waals surface area contributed by atoms with Crippen LogP contribution in [-0.2, 0) is 4.74 Å². The summed E-state index contributed by atoms with van der Waals surface area (Å²) < 4.78 is 4.76. The first kappa shape index (κ1) is 11.5. The minimum Gasteiger partial charge on any atom is -0.450 e. The molecule has 0 aliphatic rings. The molecule has 0 aliphatic carbocycles. The summed E-state index contributed by atoms with van der Waals surface area (Å²) in [5, 5.41) is 4.89.